The van der Waals surface area contributed by atoms with Gasteiger partial charge in [-0.15, -0.1) is 0 Å². The monoisotopic (exact) mass is 253 g/mol. The topological polar surface area (TPSA) is 60.1 Å². The number of nitrogens with zero attached hydrogens (tertiary/aromatic N) is 3. The van der Waals surface area contributed by atoms with Gasteiger partial charge < -0.3 is 10.0 Å². The molecule has 0 atom stereocenters. The zero-order valence-corrected chi connectivity index (χ0v) is 9.74. The van der Waals surface area contributed by atoms with Gasteiger partial charge in [-0.1, -0.05) is 0 Å². The van der Waals surface area contributed by atoms with Crippen LogP contribution >= 0.6 is 0 Å². The fourth-order valence-corrected chi connectivity index (χ4v) is 2.06. The molecule has 1 saturated heterocycles. The Kier molecular flexibility index (Phi) is 3.32. The van der Waals surface area contributed by atoms with Crippen LogP contribution in [0.15, 0.2) is 12.3 Å². The van der Waals surface area contributed by atoms with Gasteiger partial charge in [-0.05, 0) is 6.42 Å². The molecule has 0 radical (unpaired) electrons. The number of halogens is 2. The molecule has 0 unspecified atom stereocenters. The number of aromatic hydroxyl groups is 1. The molecule has 4 nitrogen and oxygen atoms in total. The first-order valence-corrected chi connectivity index (χ1v) is 5.74. The first kappa shape index (κ1) is 12.6. The first-order chi connectivity index (χ1) is 8.52. The number of nitriles is 1. The van der Waals surface area contributed by atoms with Crippen LogP contribution in [-0.4, -0.2) is 29.1 Å². The van der Waals surface area contributed by atoms with E-state index < -0.39 is 5.92 Å². The van der Waals surface area contributed by atoms with Crippen molar-refractivity contribution in [3.8, 4) is 11.8 Å². The van der Waals surface area contributed by atoms with Crippen molar-refractivity contribution >= 4 is 5.82 Å². The zero-order chi connectivity index (χ0) is 13.2. The lowest BCUT2D eigenvalue weighted by atomic mass is 10.1. The maximum absolute atomic E-state index is 13.2. The fourth-order valence-electron chi connectivity index (χ4n) is 2.06. The molecule has 1 aliphatic heterocycles. The van der Waals surface area contributed by atoms with Crippen LogP contribution in [0.3, 0.4) is 0 Å². The highest BCUT2D eigenvalue weighted by Gasteiger charge is 2.32. The van der Waals surface area contributed by atoms with Crippen molar-refractivity contribution in [2.45, 2.75) is 25.2 Å². The van der Waals surface area contributed by atoms with E-state index in [2.05, 4.69) is 4.98 Å². The number of hydrogen-bond acceptors (Lipinski definition) is 4. The van der Waals surface area contributed by atoms with E-state index in [-0.39, 0.29) is 30.7 Å². The van der Waals surface area contributed by atoms with Crippen molar-refractivity contribution in [2.24, 2.45) is 0 Å². The summed E-state index contributed by atoms with van der Waals surface area (Å²) in [7, 11) is 0. The minimum Gasteiger partial charge on any atom is -0.506 e. The Morgan fingerprint density at radius 1 is 1.39 bits per heavy atom. The molecule has 0 aliphatic carbocycles. The first-order valence-electron chi connectivity index (χ1n) is 5.74. The molecule has 1 aromatic rings. The fraction of sp³-hybridized carbons (Fsp3) is 0.500. The number of anilines is 1. The van der Waals surface area contributed by atoms with Crippen LogP contribution in [0.5, 0.6) is 5.75 Å². The van der Waals surface area contributed by atoms with Gasteiger partial charge in [0.15, 0.2) is 0 Å². The average molecular weight is 253 g/mol. The van der Waals surface area contributed by atoms with Crippen molar-refractivity contribution < 1.29 is 13.9 Å². The Morgan fingerprint density at radius 2 is 2.17 bits per heavy atom. The summed E-state index contributed by atoms with van der Waals surface area (Å²) in [4.78, 5) is 5.65. The van der Waals surface area contributed by atoms with E-state index in [0.29, 0.717) is 18.8 Å². The summed E-state index contributed by atoms with van der Waals surface area (Å²) in [6.45, 7) is 0.613. The van der Waals surface area contributed by atoms with Gasteiger partial charge in [-0.2, -0.15) is 5.26 Å². The summed E-state index contributed by atoms with van der Waals surface area (Å²) in [6, 6.07) is 3.22. The highest BCUT2D eigenvalue weighted by Crippen LogP contribution is 2.30. The van der Waals surface area contributed by atoms with Gasteiger partial charge in [0, 0.05) is 32.0 Å². The van der Waals surface area contributed by atoms with Gasteiger partial charge in [0.2, 0.25) is 5.92 Å². The lowest BCUT2D eigenvalue weighted by molar-refractivity contribution is -0.0102. The molecule has 6 heteroatoms. The van der Waals surface area contributed by atoms with Crippen LogP contribution in [-0.2, 0) is 0 Å². The molecule has 1 fully saturated rings. The largest absolute Gasteiger partial charge is 0.506 e. The van der Waals surface area contributed by atoms with Crippen LogP contribution < -0.4 is 4.90 Å². The van der Waals surface area contributed by atoms with E-state index in [1.165, 1.54) is 12.3 Å². The highest BCUT2D eigenvalue weighted by atomic mass is 19.3. The highest BCUT2D eigenvalue weighted by molar-refractivity contribution is 5.55. The minimum absolute atomic E-state index is 0.101. The van der Waals surface area contributed by atoms with Gasteiger partial charge >= 0.3 is 0 Å². The second-order valence-corrected chi connectivity index (χ2v) is 4.37. The van der Waals surface area contributed by atoms with E-state index >= 15 is 0 Å². The smallest absolute Gasteiger partial charge is 0.249 e. The van der Waals surface area contributed by atoms with E-state index in [0.717, 1.165) is 0 Å². The molecule has 0 spiro atoms. The molecule has 0 bridgehead atoms. The Bertz CT molecular complexity index is 485. The summed E-state index contributed by atoms with van der Waals surface area (Å²) in [5.74, 6) is -2.37. The van der Waals surface area contributed by atoms with E-state index in [9.17, 15) is 13.9 Å². The Morgan fingerprint density at radius 3 is 2.89 bits per heavy atom. The summed E-state index contributed by atoms with van der Waals surface area (Å²) >= 11 is 0. The second kappa shape index (κ2) is 4.77. The quantitative estimate of drug-likeness (QED) is 0.834. The van der Waals surface area contributed by atoms with E-state index in [1.807, 2.05) is 6.07 Å². The molecule has 1 aromatic heterocycles. The van der Waals surface area contributed by atoms with Gasteiger partial charge in [-0.25, -0.2) is 13.8 Å². The van der Waals surface area contributed by atoms with E-state index in [1.54, 1.807) is 4.90 Å². The molecule has 1 aliphatic rings. The standard InChI is InChI=1S/C12H13F2N3O/c13-12(14)2-1-4-17(5-3-12)11-9(7-15)6-10(18)8-16-11/h6,8,18H,1-5H2. The van der Waals surface area contributed by atoms with Crippen molar-refractivity contribution in [3.63, 3.8) is 0 Å². The van der Waals surface area contributed by atoms with Gasteiger partial charge in [0.05, 0.1) is 11.8 Å². The molecule has 96 valence electrons. The number of pyridine rings is 1. The average Bonchev–Trinajstić information content (AvgIpc) is 2.50. The Labute approximate surface area is 103 Å². The van der Waals surface area contributed by atoms with Crippen molar-refractivity contribution in [3.05, 3.63) is 17.8 Å². The third kappa shape index (κ3) is 2.67. The number of alkyl halides is 2. The third-order valence-electron chi connectivity index (χ3n) is 2.99. The summed E-state index contributed by atoms with van der Waals surface area (Å²) in [6.07, 6.45) is 1.21. The lowest BCUT2D eigenvalue weighted by Gasteiger charge is -2.22. The maximum atomic E-state index is 13.2. The normalized spacial score (nSPS) is 19.1. The van der Waals surface area contributed by atoms with Gasteiger partial charge in [0.1, 0.15) is 17.6 Å². The van der Waals surface area contributed by atoms with Gasteiger partial charge in [-0.3, -0.25) is 0 Å². The Balaban J connectivity index is 2.24. The van der Waals surface area contributed by atoms with Crippen LogP contribution in [0, 0.1) is 11.3 Å². The van der Waals surface area contributed by atoms with Crippen LogP contribution in [0.2, 0.25) is 0 Å². The van der Waals surface area contributed by atoms with Crippen LogP contribution in [0.25, 0.3) is 0 Å². The van der Waals surface area contributed by atoms with Crippen LogP contribution in [0.4, 0.5) is 14.6 Å². The van der Waals surface area contributed by atoms with Gasteiger partial charge in [0.25, 0.3) is 0 Å². The number of rotatable bonds is 1. The minimum atomic E-state index is -2.64. The summed E-state index contributed by atoms with van der Waals surface area (Å²) < 4.78 is 26.5. The number of hydrogen-bond donors (Lipinski definition) is 1. The molecule has 0 aromatic carbocycles. The Hall–Kier alpha value is -1.90. The summed E-state index contributed by atoms with van der Waals surface area (Å²) in [5.41, 5.74) is 0.209. The van der Waals surface area contributed by atoms with Crippen molar-refractivity contribution in [2.75, 3.05) is 18.0 Å². The SMILES string of the molecule is N#Cc1cc(O)cnc1N1CCCC(F)(F)CC1. The molecular formula is C12H13F2N3O. The molecule has 18 heavy (non-hydrogen) atoms. The molecule has 0 amide bonds. The molecule has 2 heterocycles. The third-order valence-corrected chi connectivity index (χ3v) is 2.99. The molecular weight excluding hydrogens is 240 g/mol. The molecule has 1 N–H and O–H groups in total. The summed E-state index contributed by atoms with van der Waals surface area (Å²) in [5, 5.41) is 18.2. The maximum Gasteiger partial charge on any atom is 0.249 e. The van der Waals surface area contributed by atoms with E-state index in [4.69, 9.17) is 5.26 Å². The number of aromatic nitrogens is 1. The predicted octanol–water partition coefficient (Wildman–Crippen LogP) is 2.28. The predicted molar refractivity (Wildman–Crippen MR) is 61.6 cm³/mol. The second-order valence-electron chi connectivity index (χ2n) is 4.37. The van der Waals surface area contributed by atoms with Crippen molar-refractivity contribution in [1.29, 1.82) is 5.26 Å². The molecule has 0 saturated carbocycles. The lowest BCUT2D eigenvalue weighted by Crippen LogP contribution is -2.27. The van der Waals surface area contributed by atoms with Crippen LogP contribution in [0.1, 0.15) is 24.8 Å². The molecule has 2 rings (SSSR count). The zero-order valence-electron chi connectivity index (χ0n) is 9.74. The van der Waals surface area contributed by atoms with Crippen molar-refractivity contribution in [1.82, 2.24) is 4.98 Å².